The van der Waals surface area contributed by atoms with Crippen LogP contribution in [0.5, 0.6) is 11.6 Å². The van der Waals surface area contributed by atoms with Crippen LogP contribution in [0.1, 0.15) is 158 Å². The number of fused-ring (bicyclic) bond motifs is 2. The normalized spacial score (nSPS) is 19.5. The number of benzene rings is 6. The minimum Gasteiger partial charge on any atom is -0.496 e. The van der Waals surface area contributed by atoms with Gasteiger partial charge in [-0.3, -0.25) is 24.2 Å². The third kappa shape index (κ3) is 13.2. The zero-order valence-electron chi connectivity index (χ0n) is 52.6. The average molecular weight is 1340 g/mol. The van der Waals surface area contributed by atoms with Gasteiger partial charge in [0.1, 0.15) is 17.3 Å². The van der Waals surface area contributed by atoms with Crippen LogP contribution in [-0.4, -0.2) is 69.5 Å². The fourth-order valence-electron chi connectivity index (χ4n) is 14.5. The number of halogens is 13. The van der Waals surface area contributed by atoms with E-state index in [1.54, 1.807) is 60.8 Å². The van der Waals surface area contributed by atoms with Gasteiger partial charge in [-0.25, -0.2) is 9.37 Å². The fraction of sp³-hybridized carbons (Fsp3) is 0.315. The highest BCUT2D eigenvalue weighted by Crippen LogP contribution is 2.55. The number of amides is 2. The minimum absolute atomic E-state index is 0.0219. The average Bonchev–Trinajstić information content (AvgIpc) is 1.52. The molecular weight excluding hydrogens is 1280 g/mol. The molecule has 0 spiro atoms. The summed E-state index contributed by atoms with van der Waals surface area (Å²) in [4.78, 5) is 62.0. The second-order valence-electron chi connectivity index (χ2n) is 24.7. The smallest absolute Gasteiger partial charge is 0.433 e. The van der Waals surface area contributed by atoms with E-state index in [0.717, 1.165) is 82.0 Å². The van der Waals surface area contributed by atoms with Gasteiger partial charge in [0.05, 0.1) is 43.0 Å². The molecule has 2 aromatic heterocycles. The molecule has 4 aliphatic rings. The van der Waals surface area contributed by atoms with E-state index in [0.29, 0.717) is 75.6 Å². The second-order valence-corrected chi connectivity index (χ2v) is 24.7. The molecular formula is C73H61F13N4O6. The maximum Gasteiger partial charge on any atom is 0.433 e. The Labute approximate surface area is 543 Å². The Hall–Kier alpha value is -9.41. The van der Waals surface area contributed by atoms with E-state index in [2.05, 4.69) is 9.97 Å². The number of nitrogens with zero attached hydrogens (tertiary/aromatic N) is 4. The summed E-state index contributed by atoms with van der Waals surface area (Å²) in [5, 5.41) is 0. The lowest BCUT2D eigenvalue weighted by molar-refractivity contribution is -0.141. The van der Waals surface area contributed by atoms with Gasteiger partial charge >= 0.3 is 24.7 Å². The molecule has 96 heavy (non-hydrogen) atoms. The number of aromatic nitrogens is 2. The van der Waals surface area contributed by atoms with Gasteiger partial charge in [0.15, 0.2) is 11.6 Å². The Kier molecular flexibility index (Phi) is 18.1. The molecule has 2 amide bonds. The molecule has 0 bridgehead atoms. The number of ether oxygens (including phenoxy) is 2. The number of rotatable bonds is 12. The van der Waals surface area contributed by atoms with Crippen molar-refractivity contribution in [1.29, 1.82) is 0 Å². The number of alkyl halides is 12. The van der Waals surface area contributed by atoms with Gasteiger partial charge in [0.25, 0.3) is 0 Å². The molecule has 0 unspecified atom stereocenters. The molecule has 4 fully saturated rings. The summed E-state index contributed by atoms with van der Waals surface area (Å²) >= 11 is 0. The van der Waals surface area contributed by atoms with Crippen LogP contribution in [0, 0.1) is 26.6 Å². The summed E-state index contributed by atoms with van der Waals surface area (Å²) < 4.78 is 191. The molecule has 6 aromatic carbocycles. The van der Waals surface area contributed by atoms with E-state index in [4.69, 9.17) is 9.47 Å². The summed E-state index contributed by atoms with van der Waals surface area (Å²) in [5.74, 6) is -2.87. The zero-order chi connectivity index (χ0) is 69.4. The number of methoxy groups -OCH3 is 2. The maximum atomic E-state index is 14.4. The standard InChI is InChI=1S/C37H30F7NO3.C36H31F6N3O3/c1-19-12-21(20(2)46)4-7-27(19)22-5-11-34(48-3)31(15-22)28-8-6-24(36(39,40)41)17-30(28)33-10-9-32-29(18-35(47)45(32)33)23-13-25(37(42,43)44)16-26(38)14-23;1-18-11-22(20(3)46)12-19(2)33(18)23-13-28(34(48-4)44-17-23)25-6-5-24(35(37,38)39)15-27(25)30-8-7-29-26(16-32(47)45(29)30)21-9-10-43-31(14-21)36(40,41)42/h4-8,11-17,29,32-33H,9-10,18H2,1-3H3;5-6,9-15,17,26,29-30H,7-8,16H2,1-4H3/t29-,32+,33+;26-,29+,30+/m11/s1. The monoisotopic (exact) mass is 1340 g/mol. The molecule has 8 aromatic rings. The van der Waals surface area contributed by atoms with Crippen molar-refractivity contribution in [2.24, 2.45) is 0 Å². The first-order valence-electron chi connectivity index (χ1n) is 30.6. The molecule has 0 aliphatic carbocycles. The van der Waals surface area contributed by atoms with E-state index in [9.17, 15) is 76.3 Å². The molecule has 4 aliphatic heterocycles. The van der Waals surface area contributed by atoms with E-state index in [1.165, 1.54) is 56.1 Å². The van der Waals surface area contributed by atoms with Crippen molar-refractivity contribution in [2.75, 3.05) is 14.2 Å². The topological polar surface area (TPSA) is 119 Å². The van der Waals surface area contributed by atoms with Crippen LogP contribution in [0.15, 0.2) is 134 Å². The number of hydrogen-bond acceptors (Lipinski definition) is 8. The number of carbonyl (C=O) groups excluding carboxylic acids is 4. The summed E-state index contributed by atoms with van der Waals surface area (Å²) in [6.45, 7) is 8.50. The number of Topliss-reactive ketones (excluding diaryl/α,β-unsaturated/α-hetero) is 2. The Morgan fingerprint density at radius 3 is 1.51 bits per heavy atom. The van der Waals surface area contributed by atoms with Gasteiger partial charge in [-0.2, -0.15) is 52.7 Å². The van der Waals surface area contributed by atoms with Gasteiger partial charge in [0, 0.05) is 77.0 Å². The third-order valence-corrected chi connectivity index (χ3v) is 18.8. The van der Waals surface area contributed by atoms with Crippen molar-refractivity contribution in [3.05, 3.63) is 212 Å². The highest BCUT2D eigenvalue weighted by atomic mass is 19.4. The quantitative estimate of drug-likeness (QED) is 0.0876. The second kappa shape index (κ2) is 25.6. The van der Waals surface area contributed by atoms with E-state index in [-0.39, 0.29) is 59.3 Å². The molecule has 10 nitrogen and oxygen atoms in total. The first kappa shape index (κ1) is 68.0. The lowest BCUT2D eigenvalue weighted by Crippen LogP contribution is -2.31. The fourth-order valence-corrected chi connectivity index (χ4v) is 14.5. The molecule has 4 saturated heterocycles. The zero-order valence-corrected chi connectivity index (χ0v) is 52.6. The SMILES string of the molecule is COc1ccc(-c2ccc(C(C)=O)cc2C)cc1-c1ccc(C(F)(F)F)cc1[C@@H]1CC[C@H]2[C@@H](c3cc(F)cc(C(F)(F)F)c3)CC(=O)N12.COc1ncc(-c2c(C)cc(C(C)=O)cc2C)cc1-c1ccc(C(F)(F)F)cc1[C@@H]1CC[C@H]2[C@@H](c3ccnc(C(F)(F)F)c3)CC(=O)N12. The van der Waals surface area contributed by atoms with Gasteiger partial charge in [-0.15, -0.1) is 0 Å². The van der Waals surface area contributed by atoms with Gasteiger partial charge in [0.2, 0.25) is 17.7 Å². The van der Waals surface area contributed by atoms with Crippen molar-refractivity contribution in [1.82, 2.24) is 19.8 Å². The van der Waals surface area contributed by atoms with Crippen molar-refractivity contribution in [3.8, 4) is 56.1 Å². The number of carbonyl (C=O) groups is 4. The van der Waals surface area contributed by atoms with Crippen molar-refractivity contribution in [2.45, 2.75) is 134 Å². The van der Waals surface area contributed by atoms with Crippen LogP contribution in [0.3, 0.4) is 0 Å². The third-order valence-electron chi connectivity index (χ3n) is 18.8. The Morgan fingerprint density at radius 1 is 0.479 bits per heavy atom. The first-order valence-corrected chi connectivity index (χ1v) is 30.6. The van der Waals surface area contributed by atoms with Crippen LogP contribution < -0.4 is 9.47 Å². The Morgan fingerprint density at radius 2 is 1.00 bits per heavy atom. The largest absolute Gasteiger partial charge is 0.496 e. The lowest BCUT2D eigenvalue weighted by Gasteiger charge is -2.29. The van der Waals surface area contributed by atoms with Gasteiger partial charge in [-0.1, -0.05) is 30.3 Å². The van der Waals surface area contributed by atoms with Crippen LogP contribution in [0.2, 0.25) is 0 Å². The summed E-state index contributed by atoms with van der Waals surface area (Å²) in [6.07, 6.45) is -15.2. The van der Waals surface area contributed by atoms with Crippen molar-refractivity contribution >= 4 is 23.4 Å². The number of hydrogen-bond donors (Lipinski definition) is 0. The predicted molar refractivity (Wildman–Crippen MR) is 330 cm³/mol. The molecule has 500 valence electrons. The minimum atomic E-state index is -4.80. The molecule has 6 atom stereocenters. The van der Waals surface area contributed by atoms with Gasteiger partial charge < -0.3 is 19.3 Å². The predicted octanol–water partition coefficient (Wildman–Crippen LogP) is 18.8. The van der Waals surface area contributed by atoms with Crippen molar-refractivity contribution < 1.29 is 85.7 Å². The van der Waals surface area contributed by atoms with E-state index >= 15 is 0 Å². The Bertz CT molecular complexity index is 4400. The first-order chi connectivity index (χ1) is 45.1. The highest BCUT2D eigenvalue weighted by Gasteiger charge is 2.52. The molecule has 23 heteroatoms. The van der Waals surface area contributed by atoms with E-state index < -0.39 is 94.8 Å². The molecule has 0 N–H and O–H groups in total. The lowest BCUT2D eigenvalue weighted by atomic mass is 9.87. The summed E-state index contributed by atoms with van der Waals surface area (Å²) in [5.41, 5.74) is 4.88. The van der Waals surface area contributed by atoms with Crippen LogP contribution in [-0.2, 0) is 34.3 Å². The van der Waals surface area contributed by atoms with E-state index in [1.807, 2.05) is 20.8 Å². The van der Waals surface area contributed by atoms with Crippen LogP contribution >= 0.6 is 0 Å². The molecule has 0 saturated carbocycles. The molecule has 12 rings (SSSR count). The number of pyridine rings is 2. The molecule has 0 radical (unpaired) electrons. The highest BCUT2D eigenvalue weighted by molar-refractivity contribution is 5.96. The molecule has 6 heterocycles. The van der Waals surface area contributed by atoms with Crippen LogP contribution in [0.4, 0.5) is 57.1 Å². The van der Waals surface area contributed by atoms with Crippen LogP contribution in [0.25, 0.3) is 44.5 Å². The maximum absolute atomic E-state index is 14.4. The number of ketones is 2. The van der Waals surface area contributed by atoms with Crippen molar-refractivity contribution in [3.63, 3.8) is 0 Å². The van der Waals surface area contributed by atoms with Gasteiger partial charge in [-0.05, 0) is 218 Å². The number of aryl methyl sites for hydroxylation is 3. The summed E-state index contributed by atoms with van der Waals surface area (Å²) in [7, 11) is 2.83. The summed E-state index contributed by atoms with van der Waals surface area (Å²) in [6, 6.07) is 24.4. The Balaban J connectivity index is 0.000000195.